The number of piperidine rings is 1. The Morgan fingerprint density at radius 1 is 1.19 bits per heavy atom. The van der Waals surface area contributed by atoms with Gasteiger partial charge in [0.05, 0.1) is 4.90 Å². The Morgan fingerprint density at radius 2 is 1.88 bits per heavy atom. The van der Waals surface area contributed by atoms with Crippen LogP contribution in [0.25, 0.3) is 4.96 Å². The van der Waals surface area contributed by atoms with Crippen LogP contribution >= 0.6 is 11.3 Å². The van der Waals surface area contributed by atoms with E-state index in [9.17, 15) is 13.2 Å². The molecule has 1 saturated heterocycles. The van der Waals surface area contributed by atoms with Gasteiger partial charge in [0.1, 0.15) is 11.3 Å². The minimum Gasteiger partial charge on any atom is -0.295 e. The van der Waals surface area contributed by atoms with Crippen LogP contribution in [0.3, 0.4) is 0 Å². The van der Waals surface area contributed by atoms with Crippen LogP contribution in [-0.4, -0.2) is 51.4 Å². The first kappa shape index (κ1) is 17.3. The Balaban J connectivity index is 1.47. The number of hydrogen-bond donors (Lipinski definition) is 0. The van der Waals surface area contributed by atoms with Gasteiger partial charge in [-0.3, -0.25) is 4.79 Å². The summed E-state index contributed by atoms with van der Waals surface area (Å²) < 4.78 is 28.8. The van der Waals surface area contributed by atoms with Crippen LogP contribution in [0.5, 0.6) is 0 Å². The molecule has 2 aromatic heterocycles. The molecule has 1 fully saturated rings. The zero-order valence-corrected chi connectivity index (χ0v) is 15.7. The number of nitrogens with zero attached hydrogens (tertiary/aromatic N) is 5. The summed E-state index contributed by atoms with van der Waals surface area (Å²) >= 11 is 1.50. The maximum absolute atomic E-state index is 12.8. The van der Waals surface area contributed by atoms with Gasteiger partial charge in [-0.05, 0) is 31.9 Å². The molecule has 0 unspecified atom stereocenters. The third-order valence-electron chi connectivity index (χ3n) is 4.60. The molecule has 10 heteroatoms. The number of sulfonamides is 1. The molecule has 1 aliphatic rings. The van der Waals surface area contributed by atoms with E-state index in [0.717, 1.165) is 22.8 Å². The topological polar surface area (TPSA) is 97.5 Å². The summed E-state index contributed by atoms with van der Waals surface area (Å²) in [5, 5.41) is 13.2. The molecule has 0 aliphatic carbocycles. The summed E-state index contributed by atoms with van der Waals surface area (Å²) in [5.41, 5.74) is 0.505. The van der Waals surface area contributed by atoms with Crippen molar-refractivity contribution in [2.24, 2.45) is 0 Å². The first-order chi connectivity index (χ1) is 12.4. The Labute approximate surface area is 154 Å². The molecule has 0 saturated carbocycles. The summed E-state index contributed by atoms with van der Waals surface area (Å²) in [6.45, 7) is 2.35. The second kappa shape index (κ2) is 6.53. The molecule has 0 N–H and O–H groups in total. The van der Waals surface area contributed by atoms with Crippen LogP contribution in [0.1, 0.15) is 41.0 Å². The molecule has 0 bridgehead atoms. The molecule has 8 nitrogen and oxygen atoms in total. The Hall–Kier alpha value is -2.17. The maximum Gasteiger partial charge on any atom is 0.243 e. The number of fused-ring (bicyclic) bond motifs is 1. The van der Waals surface area contributed by atoms with Crippen molar-refractivity contribution in [3.63, 3.8) is 0 Å². The van der Waals surface area contributed by atoms with Crippen LogP contribution < -0.4 is 0 Å². The average molecular weight is 391 g/mol. The van der Waals surface area contributed by atoms with Gasteiger partial charge in [-0.2, -0.15) is 13.9 Å². The first-order valence-electron chi connectivity index (χ1n) is 8.23. The van der Waals surface area contributed by atoms with E-state index in [1.165, 1.54) is 34.7 Å². The molecule has 136 valence electrons. The van der Waals surface area contributed by atoms with E-state index >= 15 is 0 Å². The molecule has 1 aromatic carbocycles. The Morgan fingerprint density at radius 3 is 2.50 bits per heavy atom. The SMILES string of the molecule is CC(=O)c1ccc(S(=O)(=O)N2CCC(c3nn4cnnc4s3)CC2)cc1. The van der Waals surface area contributed by atoms with Crippen LogP contribution in [0.15, 0.2) is 35.5 Å². The largest absolute Gasteiger partial charge is 0.295 e. The van der Waals surface area contributed by atoms with Gasteiger partial charge in [0, 0.05) is 24.6 Å². The third kappa shape index (κ3) is 3.04. The lowest BCUT2D eigenvalue weighted by molar-refractivity contribution is 0.101. The molecule has 0 atom stereocenters. The van der Waals surface area contributed by atoms with Crippen molar-refractivity contribution in [1.29, 1.82) is 0 Å². The molecule has 4 rings (SSSR count). The lowest BCUT2D eigenvalue weighted by Gasteiger charge is -2.30. The quantitative estimate of drug-likeness (QED) is 0.631. The molecule has 1 aliphatic heterocycles. The minimum atomic E-state index is -3.55. The highest BCUT2D eigenvalue weighted by Crippen LogP contribution is 2.32. The van der Waals surface area contributed by atoms with Crippen molar-refractivity contribution in [1.82, 2.24) is 24.1 Å². The van der Waals surface area contributed by atoms with Gasteiger partial charge in [0.25, 0.3) is 0 Å². The number of hydrogen-bond acceptors (Lipinski definition) is 7. The maximum atomic E-state index is 12.8. The van der Waals surface area contributed by atoms with Crippen LogP contribution in [0, 0.1) is 0 Å². The fourth-order valence-corrected chi connectivity index (χ4v) is 5.55. The fraction of sp³-hybridized carbons (Fsp3) is 0.375. The molecule has 3 aromatic rings. The van der Waals surface area contributed by atoms with E-state index in [1.807, 2.05) is 0 Å². The minimum absolute atomic E-state index is 0.0836. The van der Waals surface area contributed by atoms with E-state index in [2.05, 4.69) is 15.3 Å². The van der Waals surface area contributed by atoms with E-state index < -0.39 is 10.0 Å². The first-order valence-corrected chi connectivity index (χ1v) is 10.5. The van der Waals surface area contributed by atoms with Gasteiger partial charge in [-0.25, -0.2) is 8.42 Å². The monoisotopic (exact) mass is 391 g/mol. The molecule has 0 amide bonds. The number of carbonyl (C=O) groups excluding carboxylic acids is 1. The van der Waals surface area contributed by atoms with Gasteiger partial charge in [0.2, 0.25) is 15.0 Å². The predicted octanol–water partition coefficient (Wildman–Crippen LogP) is 1.96. The lowest BCUT2D eigenvalue weighted by Crippen LogP contribution is -2.37. The van der Waals surface area contributed by atoms with Crippen LogP contribution in [-0.2, 0) is 10.0 Å². The molecular weight excluding hydrogens is 374 g/mol. The molecule has 3 heterocycles. The van der Waals surface area contributed by atoms with Crippen molar-refractivity contribution >= 4 is 32.1 Å². The van der Waals surface area contributed by atoms with Crippen molar-refractivity contribution < 1.29 is 13.2 Å². The molecule has 26 heavy (non-hydrogen) atoms. The number of ketones is 1. The lowest BCUT2D eigenvalue weighted by atomic mass is 9.99. The van der Waals surface area contributed by atoms with Gasteiger partial charge in [-0.1, -0.05) is 23.5 Å². The molecule has 0 radical (unpaired) electrons. The van der Waals surface area contributed by atoms with Gasteiger partial charge < -0.3 is 0 Å². The van der Waals surface area contributed by atoms with E-state index in [4.69, 9.17) is 0 Å². The van der Waals surface area contributed by atoms with Crippen molar-refractivity contribution in [3.8, 4) is 0 Å². The number of Topliss-reactive ketones (excluding diaryl/α,β-unsaturated/α-hetero) is 1. The smallest absolute Gasteiger partial charge is 0.243 e. The Kier molecular flexibility index (Phi) is 4.33. The molecular formula is C16H17N5O3S2. The van der Waals surface area contributed by atoms with Crippen molar-refractivity contribution in [2.75, 3.05) is 13.1 Å². The normalized spacial score (nSPS) is 17.0. The van der Waals surface area contributed by atoms with E-state index in [-0.39, 0.29) is 16.6 Å². The summed E-state index contributed by atoms with van der Waals surface area (Å²) in [5.74, 6) is 0.146. The van der Waals surface area contributed by atoms with Gasteiger partial charge in [-0.15, -0.1) is 10.2 Å². The highest BCUT2D eigenvalue weighted by molar-refractivity contribution is 7.89. The second-order valence-corrected chi connectivity index (χ2v) is 9.18. The van der Waals surface area contributed by atoms with Gasteiger partial charge >= 0.3 is 0 Å². The van der Waals surface area contributed by atoms with Crippen LogP contribution in [0.2, 0.25) is 0 Å². The Bertz CT molecular complexity index is 1020. The highest BCUT2D eigenvalue weighted by Gasteiger charge is 2.31. The summed E-state index contributed by atoms with van der Waals surface area (Å²) in [7, 11) is -3.55. The van der Waals surface area contributed by atoms with E-state index in [0.29, 0.717) is 18.7 Å². The summed E-state index contributed by atoms with van der Waals surface area (Å²) in [4.78, 5) is 12.3. The number of carbonyl (C=O) groups is 1. The van der Waals surface area contributed by atoms with Crippen LogP contribution in [0.4, 0.5) is 0 Å². The number of benzene rings is 1. The van der Waals surface area contributed by atoms with Crippen molar-refractivity contribution in [2.45, 2.75) is 30.6 Å². The van der Waals surface area contributed by atoms with Gasteiger partial charge in [0.15, 0.2) is 5.78 Å². The van der Waals surface area contributed by atoms with E-state index in [1.54, 1.807) is 23.0 Å². The fourth-order valence-electron chi connectivity index (χ4n) is 3.09. The predicted molar refractivity (Wildman–Crippen MR) is 95.8 cm³/mol. The highest BCUT2D eigenvalue weighted by atomic mass is 32.2. The average Bonchev–Trinajstić information content (AvgIpc) is 3.24. The standard InChI is InChI=1S/C16H17N5O3S2/c1-11(22)12-2-4-14(5-3-12)26(23,24)20-8-6-13(7-9-20)15-19-21-10-17-18-16(21)25-15/h2-5,10,13H,6-9H2,1H3. The molecule has 0 spiro atoms. The third-order valence-corrected chi connectivity index (χ3v) is 7.59. The zero-order chi connectivity index (χ0) is 18.3. The number of rotatable bonds is 4. The van der Waals surface area contributed by atoms with Crippen molar-refractivity contribution in [3.05, 3.63) is 41.2 Å². The zero-order valence-electron chi connectivity index (χ0n) is 14.1. The summed E-state index contributed by atoms with van der Waals surface area (Å²) in [6, 6.07) is 6.12. The number of aromatic nitrogens is 4. The second-order valence-electron chi connectivity index (χ2n) is 6.26. The summed E-state index contributed by atoms with van der Waals surface area (Å²) in [6.07, 6.45) is 3.00.